The summed E-state index contributed by atoms with van der Waals surface area (Å²) in [7, 11) is 0. The van der Waals surface area contributed by atoms with Crippen LogP contribution >= 0.6 is 11.3 Å². The Labute approximate surface area is 144 Å². The van der Waals surface area contributed by atoms with Crippen LogP contribution in [-0.4, -0.2) is 16.9 Å². The van der Waals surface area contributed by atoms with Crippen molar-refractivity contribution < 1.29 is 4.79 Å². The summed E-state index contributed by atoms with van der Waals surface area (Å²) < 4.78 is 1.10. The molecular weight excluding hydrogens is 318 g/mol. The van der Waals surface area contributed by atoms with Crippen LogP contribution in [-0.2, 0) is 11.3 Å². The second-order valence-corrected chi connectivity index (χ2v) is 7.36. The smallest absolute Gasteiger partial charge is 0.235 e. The molecule has 4 nitrogen and oxygen atoms in total. The number of nitrogens with one attached hydrogen (secondary N) is 2. The quantitative estimate of drug-likeness (QED) is 0.747. The van der Waals surface area contributed by atoms with Crippen LogP contribution in [0.3, 0.4) is 0 Å². The lowest BCUT2D eigenvalue weighted by atomic mass is 9.85. The summed E-state index contributed by atoms with van der Waals surface area (Å²) in [6.07, 6.45) is 0. The van der Waals surface area contributed by atoms with Crippen LogP contribution in [0.5, 0.6) is 0 Å². The molecular formula is C19H19N3OS. The molecule has 1 aliphatic rings. The highest BCUT2D eigenvalue weighted by molar-refractivity contribution is 7.22. The predicted octanol–water partition coefficient (Wildman–Crippen LogP) is 3.82. The lowest BCUT2D eigenvalue weighted by molar-refractivity contribution is -0.118. The van der Waals surface area contributed by atoms with Gasteiger partial charge in [0, 0.05) is 12.6 Å². The molecule has 0 saturated carbocycles. The third-order valence-corrected chi connectivity index (χ3v) is 5.49. The lowest BCUT2D eigenvalue weighted by Gasteiger charge is -2.31. The van der Waals surface area contributed by atoms with Crippen molar-refractivity contribution in [2.75, 3.05) is 5.32 Å². The maximum Gasteiger partial charge on any atom is 0.235 e. The van der Waals surface area contributed by atoms with Gasteiger partial charge in [-0.25, -0.2) is 4.98 Å². The molecule has 3 aromatic rings. The van der Waals surface area contributed by atoms with Crippen LogP contribution in [0.2, 0.25) is 0 Å². The minimum Gasteiger partial charge on any atom is -0.309 e. The molecule has 0 spiro atoms. The predicted molar refractivity (Wildman–Crippen MR) is 98.5 cm³/mol. The van der Waals surface area contributed by atoms with Gasteiger partial charge in [-0.05, 0) is 42.7 Å². The number of anilines is 1. The van der Waals surface area contributed by atoms with Crippen molar-refractivity contribution in [3.05, 3.63) is 59.2 Å². The summed E-state index contributed by atoms with van der Waals surface area (Å²) in [5, 5.41) is 7.09. The van der Waals surface area contributed by atoms with Crippen LogP contribution in [0, 0.1) is 6.92 Å². The first-order valence-electron chi connectivity index (χ1n) is 8.11. The number of hydrogen-bond donors (Lipinski definition) is 2. The Balaban J connectivity index is 1.63. The van der Waals surface area contributed by atoms with Gasteiger partial charge in [0.1, 0.15) is 0 Å². The molecule has 0 saturated heterocycles. The highest BCUT2D eigenvalue weighted by atomic mass is 32.1. The summed E-state index contributed by atoms with van der Waals surface area (Å²) in [5.74, 6) is -0.207. The van der Waals surface area contributed by atoms with Gasteiger partial charge in [0.2, 0.25) is 5.91 Å². The summed E-state index contributed by atoms with van der Waals surface area (Å²) in [6.45, 7) is 4.92. The zero-order valence-corrected chi connectivity index (χ0v) is 14.5. The third kappa shape index (κ3) is 2.70. The molecule has 2 N–H and O–H groups in total. The average Bonchev–Trinajstić information content (AvgIpc) is 2.95. The lowest BCUT2D eigenvalue weighted by Crippen LogP contribution is -2.42. The zero-order chi connectivity index (χ0) is 16.7. The number of fused-ring (bicyclic) bond motifs is 2. The largest absolute Gasteiger partial charge is 0.309 e. The van der Waals surface area contributed by atoms with Crippen LogP contribution in [0.15, 0.2) is 42.5 Å². The fraction of sp³-hybridized carbons (Fsp3) is 0.263. The molecule has 1 aromatic heterocycles. The van der Waals surface area contributed by atoms with Gasteiger partial charge >= 0.3 is 0 Å². The first kappa shape index (κ1) is 15.3. The van der Waals surface area contributed by atoms with Crippen molar-refractivity contribution in [2.24, 2.45) is 0 Å². The van der Waals surface area contributed by atoms with E-state index >= 15 is 0 Å². The first-order valence-corrected chi connectivity index (χ1v) is 8.93. The summed E-state index contributed by atoms with van der Waals surface area (Å²) in [4.78, 5) is 17.4. The average molecular weight is 337 g/mol. The number of rotatable bonds is 2. The van der Waals surface area contributed by atoms with E-state index in [4.69, 9.17) is 0 Å². The minimum absolute atomic E-state index is 0.00192. The Kier molecular flexibility index (Phi) is 3.82. The number of aryl methyl sites for hydroxylation is 1. The van der Waals surface area contributed by atoms with Crippen LogP contribution in [0.25, 0.3) is 10.2 Å². The molecule has 2 atom stereocenters. The standard InChI is InChI=1S/C19H19N3OS/c1-11-7-8-15-16(9-11)24-19(21-15)22-18(23)17-12(2)20-10-13-5-3-4-6-14(13)17/h3-9,12,17,20H,10H2,1-2H3,(H,21,22,23). The molecule has 122 valence electrons. The van der Waals surface area contributed by atoms with Crippen LogP contribution in [0.1, 0.15) is 29.5 Å². The molecule has 2 aromatic carbocycles. The molecule has 5 heteroatoms. The van der Waals surface area contributed by atoms with E-state index in [2.05, 4.69) is 47.7 Å². The van der Waals surface area contributed by atoms with E-state index in [1.165, 1.54) is 22.5 Å². The molecule has 4 rings (SSSR count). The van der Waals surface area contributed by atoms with Crippen molar-refractivity contribution in [1.82, 2.24) is 10.3 Å². The van der Waals surface area contributed by atoms with Gasteiger partial charge in [-0.15, -0.1) is 0 Å². The van der Waals surface area contributed by atoms with Gasteiger partial charge in [0.05, 0.1) is 16.1 Å². The summed E-state index contributed by atoms with van der Waals surface area (Å²) in [6, 6.07) is 14.4. The van der Waals surface area contributed by atoms with E-state index in [0.717, 1.165) is 22.3 Å². The number of nitrogens with zero attached hydrogens (tertiary/aromatic N) is 1. The topological polar surface area (TPSA) is 54.0 Å². The van der Waals surface area contributed by atoms with Gasteiger partial charge in [0.25, 0.3) is 0 Å². The van der Waals surface area contributed by atoms with Gasteiger partial charge < -0.3 is 10.6 Å². The fourth-order valence-corrected chi connectivity index (χ4v) is 4.26. The van der Waals surface area contributed by atoms with E-state index in [-0.39, 0.29) is 17.9 Å². The first-order chi connectivity index (χ1) is 11.6. The number of amides is 1. The van der Waals surface area contributed by atoms with Crippen molar-refractivity contribution >= 4 is 32.6 Å². The number of benzene rings is 2. The number of carbonyl (C=O) groups is 1. The number of thiazole rings is 1. The van der Waals surface area contributed by atoms with E-state index in [9.17, 15) is 4.79 Å². The normalized spacial score (nSPS) is 19.9. The van der Waals surface area contributed by atoms with Gasteiger partial charge in [0.15, 0.2) is 5.13 Å². The second-order valence-electron chi connectivity index (χ2n) is 6.33. The number of carbonyl (C=O) groups excluding carboxylic acids is 1. The Morgan fingerprint density at radius 1 is 1.29 bits per heavy atom. The highest BCUT2D eigenvalue weighted by Gasteiger charge is 2.32. The molecule has 24 heavy (non-hydrogen) atoms. The van der Waals surface area contributed by atoms with Crippen LogP contribution in [0.4, 0.5) is 5.13 Å². The van der Waals surface area contributed by atoms with Crippen LogP contribution < -0.4 is 10.6 Å². The molecule has 1 amide bonds. The third-order valence-electron chi connectivity index (χ3n) is 4.56. The molecule has 1 aliphatic heterocycles. The van der Waals surface area contributed by atoms with E-state index in [1.54, 1.807) is 0 Å². The Hall–Kier alpha value is -2.24. The number of hydrogen-bond acceptors (Lipinski definition) is 4. The minimum atomic E-state index is -0.205. The SMILES string of the molecule is Cc1ccc2nc(NC(=O)C3c4ccccc4CNC3C)sc2c1. The second kappa shape index (κ2) is 6.00. The number of aromatic nitrogens is 1. The van der Waals surface area contributed by atoms with Crippen molar-refractivity contribution in [2.45, 2.75) is 32.4 Å². The van der Waals surface area contributed by atoms with Crippen molar-refractivity contribution in [3.8, 4) is 0 Å². The van der Waals surface area contributed by atoms with Gasteiger partial charge in [-0.1, -0.05) is 41.7 Å². The summed E-state index contributed by atoms with van der Waals surface area (Å²) in [5.41, 5.74) is 4.42. The molecule has 0 radical (unpaired) electrons. The zero-order valence-electron chi connectivity index (χ0n) is 13.7. The maximum absolute atomic E-state index is 12.9. The van der Waals surface area contributed by atoms with Crippen molar-refractivity contribution in [3.63, 3.8) is 0 Å². The Morgan fingerprint density at radius 2 is 2.12 bits per heavy atom. The highest BCUT2D eigenvalue weighted by Crippen LogP contribution is 2.31. The van der Waals surface area contributed by atoms with E-state index in [1.807, 2.05) is 24.3 Å². The van der Waals surface area contributed by atoms with Gasteiger partial charge in [-0.3, -0.25) is 4.79 Å². The summed E-state index contributed by atoms with van der Waals surface area (Å²) >= 11 is 1.52. The molecule has 0 aliphatic carbocycles. The van der Waals surface area contributed by atoms with E-state index < -0.39 is 0 Å². The molecule has 2 heterocycles. The fourth-order valence-electron chi connectivity index (χ4n) is 3.29. The maximum atomic E-state index is 12.9. The van der Waals surface area contributed by atoms with Crippen molar-refractivity contribution in [1.29, 1.82) is 0 Å². The Morgan fingerprint density at radius 3 is 3.00 bits per heavy atom. The monoisotopic (exact) mass is 337 g/mol. The molecule has 0 bridgehead atoms. The van der Waals surface area contributed by atoms with Gasteiger partial charge in [-0.2, -0.15) is 0 Å². The Bertz CT molecular complexity index is 918. The molecule has 0 fully saturated rings. The van der Waals surface area contributed by atoms with E-state index in [0.29, 0.717) is 5.13 Å². The molecule has 2 unspecified atom stereocenters.